The monoisotopic (exact) mass is 275 g/mol. The molecule has 0 spiro atoms. The molecule has 0 atom stereocenters. The quantitative estimate of drug-likeness (QED) is 0.804. The van der Waals surface area contributed by atoms with Gasteiger partial charge in [-0.05, 0) is 30.3 Å². The SMILES string of the molecule is CN(CC(=O)c1ccc(C#N)cc1)c1cccc(C#N)c1. The maximum Gasteiger partial charge on any atom is 0.182 e. The molecule has 0 heterocycles. The van der Waals surface area contributed by atoms with Gasteiger partial charge >= 0.3 is 0 Å². The van der Waals surface area contributed by atoms with Gasteiger partial charge in [-0.3, -0.25) is 4.79 Å². The maximum absolute atomic E-state index is 12.2. The zero-order valence-corrected chi connectivity index (χ0v) is 11.6. The van der Waals surface area contributed by atoms with Crippen molar-refractivity contribution in [3.05, 3.63) is 65.2 Å². The molecule has 0 radical (unpaired) electrons. The Hall–Kier alpha value is -3.11. The van der Waals surface area contributed by atoms with E-state index in [1.54, 1.807) is 54.4 Å². The second kappa shape index (κ2) is 6.36. The number of hydrogen-bond acceptors (Lipinski definition) is 4. The summed E-state index contributed by atoms with van der Waals surface area (Å²) < 4.78 is 0. The Morgan fingerprint density at radius 2 is 1.71 bits per heavy atom. The second-order valence-corrected chi connectivity index (χ2v) is 4.63. The summed E-state index contributed by atoms with van der Waals surface area (Å²) in [5.41, 5.74) is 2.47. The summed E-state index contributed by atoms with van der Waals surface area (Å²) in [5.74, 6) is -0.0376. The number of carbonyl (C=O) groups excluding carboxylic acids is 1. The lowest BCUT2D eigenvalue weighted by molar-refractivity contribution is 0.100. The third-order valence-corrected chi connectivity index (χ3v) is 3.13. The van der Waals surface area contributed by atoms with E-state index in [0.29, 0.717) is 16.7 Å². The summed E-state index contributed by atoms with van der Waals surface area (Å²) in [6, 6.07) is 17.8. The molecule has 0 saturated carbocycles. The third-order valence-electron chi connectivity index (χ3n) is 3.13. The molecule has 0 aliphatic heterocycles. The number of carbonyl (C=O) groups is 1. The average molecular weight is 275 g/mol. The van der Waals surface area contributed by atoms with Gasteiger partial charge in [-0.1, -0.05) is 18.2 Å². The molecule has 4 heteroatoms. The standard InChI is InChI=1S/C17H13N3O/c1-20(16-4-2-3-14(9-16)11-19)12-17(21)15-7-5-13(10-18)6-8-15/h2-9H,12H2,1H3. The molecule has 0 aliphatic carbocycles. The molecule has 0 unspecified atom stereocenters. The van der Waals surface area contributed by atoms with Gasteiger partial charge in [-0.15, -0.1) is 0 Å². The fourth-order valence-corrected chi connectivity index (χ4v) is 1.94. The summed E-state index contributed by atoms with van der Waals surface area (Å²) in [6.07, 6.45) is 0. The van der Waals surface area contributed by atoms with Gasteiger partial charge in [0, 0.05) is 18.3 Å². The average Bonchev–Trinajstić information content (AvgIpc) is 2.54. The fraction of sp³-hybridized carbons (Fsp3) is 0.118. The molecule has 102 valence electrons. The Labute approximate surface area is 123 Å². The van der Waals surface area contributed by atoms with Crippen LogP contribution >= 0.6 is 0 Å². The number of hydrogen-bond donors (Lipinski definition) is 0. The molecule has 0 amide bonds. The van der Waals surface area contributed by atoms with Crippen LogP contribution in [0.25, 0.3) is 0 Å². The van der Waals surface area contributed by atoms with Gasteiger partial charge in [-0.25, -0.2) is 0 Å². The minimum atomic E-state index is -0.0376. The molecular weight excluding hydrogens is 262 g/mol. The molecule has 0 saturated heterocycles. The van der Waals surface area contributed by atoms with E-state index in [0.717, 1.165) is 5.69 Å². The van der Waals surface area contributed by atoms with Crippen LogP contribution in [0.3, 0.4) is 0 Å². The number of likely N-dealkylation sites (N-methyl/N-ethyl adjacent to an activating group) is 1. The van der Waals surface area contributed by atoms with E-state index in [-0.39, 0.29) is 12.3 Å². The summed E-state index contributed by atoms with van der Waals surface area (Å²) in [4.78, 5) is 14.0. The van der Waals surface area contributed by atoms with Crippen molar-refractivity contribution in [2.45, 2.75) is 0 Å². The van der Waals surface area contributed by atoms with E-state index >= 15 is 0 Å². The van der Waals surface area contributed by atoms with Gasteiger partial charge in [0.2, 0.25) is 0 Å². The van der Waals surface area contributed by atoms with Crippen molar-refractivity contribution in [1.29, 1.82) is 10.5 Å². The fourth-order valence-electron chi connectivity index (χ4n) is 1.94. The first-order valence-electron chi connectivity index (χ1n) is 6.38. The Balaban J connectivity index is 2.11. The topological polar surface area (TPSA) is 67.9 Å². The Morgan fingerprint density at radius 3 is 2.33 bits per heavy atom. The van der Waals surface area contributed by atoms with Crippen LogP contribution in [0, 0.1) is 22.7 Å². The lowest BCUT2D eigenvalue weighted by Crippen LogP contribution is -2.25. The molecule has 21 heavy (non-hydrogen) atoms. The van der Waals surface area contributed by atoms with E-state index < -0.39 is 0 Å². The van der Waals surface area contributed by atoms with E-state index in [4.69, 9.17) is 10.5 Å². The van der Waals surface area contributed by atoms with E-state index in [1.807, 2.05) is 12.1 Å². The van der Waals surface area contributed by atoms with Crippen LogP contribution in [0.15, 0.2) is 48.5 Å². The summed E-state index contributed by atoms with van der Waals surface area (Å²) in [7, 11) is 1.80. The molecule has 2 aromatic carbocycles. The Bertz CT molecular complexity index is 736. The van der Waals surface area contributed by atoms with Crippen molar-refractivity contribution in [3.8, 4) is 12.1 Å². The lowest BCUT2D eigenvalue weighted by Gasteiger charge is -2.18. The molecule has 0 bridgehead atoms. The zero-order chi connectivity index (χ0) is 15.2. The highest BCUT2D eigenvalue weighted by Crippen LogP contribution is 2.15. The number of Topliss-reactive ketones (excluding diaryl/α,β-unsaturated/α-hetero) is 1. The number of nitrogens with zero attached hydrogens (tertiary/aromatic N) is 3. The molecule has 0 N–H and O–H groups in total. The highest BCUT2D eigenvalue weighted by Gasteiger charge is 2.10. The van der Waals surface area contributed by atoms with Crippen LogP contribution < -0.4 is 4.90 Å². The molecular formula is C17H13N3O. The molecule has 2 aromatic rings. The van der Waals surface area contributed by atoms with Crippen molar-refractivity contribution in [3.63, 3.8) is 0 Å². The molecule has 2 rings (SSSR count). The number of rotatable bonds is 4. The molecule has 0 aromatic heterocycles. The second-order valence-electron chi connectivity index (χ2n) is 4.63. The predicted octanol–water partition coefficient (Wildman–Crippen LogP) is 2.75. The van der Waals surface area contributed by atoms with Crippen molar-refractivity contribution >= 4 is 11.5 Å². The highest BCUT2D eigenvalue weighted by atomic mass is 16.1. The lowest BCUT2D eigenvalue weighted by atomic mass is 10.1. The van der Waals surface area contributed by atoms with Crippen LogP contribution in [-0.4, -0.2) is 19.4 Å². The van der Waals surface area contributed by atoms with Gasteiger partial charge in [-0.2, -0.15) is 10.5 Å². The molecule has 0 aliphatic rings. The van der Waals surface area contributed by atoms with Crippen LogP contribution in [0.4, 0.5) is 5.69 Å². The largest absolute Gasteiger partial charge is 0.367 e. The first kappa shape index (κ1) is 14.3. The third kappa shape index (κ3) is 3.46. The minimum absolute atomic E-state index is 0.0376. The first-order valence-corrected chi connectivity index (χ1v) is 6.38. The maximum atomic E-state index is 12.2. The molecule has 4 nitrogen and oxygen atoms in total. The first-order chi connectivity index (χ1) is 10.1. The van der Waals surface area contributed by atoms with Crippen LogP contribution in [0.5, 0.6) is 0 Å². The number of anilines is 1. The van der Waals surface area contributed by atoms with Crippen molar-refractivity contribution in [2.24, 2.45) is 0 Å². The van der Waals surface area contributed by atoms with Gasteiger partial charge in [0.05, 0.1) is 29.8 Å². The number of nitriles is 2. The van der Waals surface area contributed by atoms with Gasteiger partial charge in [0.25, 0.3) is 0 Å². The predicted molar refractivity (Wildman–Crippen MR) is 79.9 cm³/mol. The van der Waals surface area contributed by atoms with Crippen LogP contribution in [-0.2, 0) is 0 Å². The van der Waals surface area contributed by atoms with Crippen LogP contribution in [0.2, 0.25) is 0 Å². The molecule has 0 fully saturated rings. The summed E-state index contributed by atoms with van der Waals surface area (Å²) in [6.45, 7) is 0.209. The van der Waals surface area contributed by atoms with Crippen molar-refractivity contribution < 1.29 is 4.79 Å². The zero-order valence-electron chi connectivity index (χ0n) is 11.6. The van der Waals surface area contributed by atoms with Crippen molar-refractivity contribution in [2.75, 3.05) is 18.5 Å². The van der Waals surface area contributed by atoms with Gasteiger partial charge < -0.3 is 4.90 Å². The minimum Gasteiger partial charge on any atom is -0.367 e. The van der Waals surface area contributed by atoms with Gasteiger partial charge in [0.1, 0.15) is 0 Å². The van der Waals surface area contributed by atoms with Crippen molar-refractivity contribution in [1.82, 2.24) is 0 Å². The van der Waals surface area contributed by atoms with Crippen LogP contribution in [0.1, 0.15) is 21.5 Å². The Morgan fingerprint density at radius 1 is 1.05 bits per heavy atom. The summed E-state index contributed by atoms with van der Waals surface area (Å²) in [5, 5.41) is 17.6. The highest BCUT2D eigenvalue weighted by molar-refractivity contribution is 5.99. The Kier molecular flexibility index (Phi) is 4.33. The number of ketones is 1. The summed E-state index contributed by atoms with van der Waals surface area (Å²) >= 11 is 0. The smallest absolute Gasteiger partial charge is 0.182 e. The van der Waals surface area contributed by atoms with E-state index in [2.05, 4.69) is 6.07 Å². The van der Waals surface area contributed by atoms with E-state index in [1.165, 1.54) is 0 Å². The number of benzene rings is 2. The van der Waals surface area contributed by atoms with Gasteiger partial charge in [0.15, 0.2) is 5.78 Å². The normalized spacial score (nSPS) is 9.48. The van der Waals surface area contributed by atoms with E-state index in [9.17, 15) is 4.79 Å².